The first-order chi connectivity index (χ1) is 21.3. The van der Waals surface area contributed by atoms with Crippen LogP contribution in [0.2, 0.25) is 0 Å². The van der Waals surface area contributed by atoms with Crippen LogP contribution in [0.5, 0.6) is 5.75 Å². The fourth-order valence-electron chi connectivity index (χ4n) is 4.83. The second-order valence-corrected chi connectivity index (χ2v) is 12.4. The molecule has 1 unspecified atom stereocenters. The molecule has 0 aliphatic carbocycles. The van der Waals surface area contributed by atoms with Gasteiger partial charge in [0.05, 0.1) is 17.1 Å². The summed E-state index contributed by atoms with van der Waals surface area (Å²) in [6.07, 6.45) is -2.75. The van der Waals surface area contributed by atoms with Crippen LogP contribution in [-0.4, -0.2) is 50.0 Å². The number of thioether (sulfide) groups is 1. The average molecular weight is 637 g/mol. The number of hydrogen-bond donors (Lipinski definition) is 1. The minimum Gasteiger partial charge on any atom is -0.406 e. The van der Waals surface area contributed by atoms with Gasteiger partial charge < -0.3 is 10.1 Å². The van der Waals surface area contributed by atoms with Gasteiger partial charge >= 0.3 is 12.4 Å². The van der Waals surface area contributed by atoms with Crippen LogP contribution in [0.25, 0.3) is 17.1 Å². The van der Waals surface area contributed by atoms with Gasteiger partial charge in [0, 0.05) is 11.6 Å². The predicted molar refractivity (Wildman–Crippen MR) is 168 cm³/mol. The van der Waals surface area contributed by atoms with Crippen molar-refractivity contribution >= 4 is 34.6 Å². The molecule has 1 atom stereocenters. The number of urea groups is 1. The van der Waals surface area contributed by atoms with Crippen LogP contribution in [0.3, 0.4) is 0 Å². The highest BCUT2D eigenvalue weighted by atomic mass is 32.2. The molecule has 5 rings (SSSR count). The third kappa shape index (κ3) is 7.90. The lowest BCUT2D eigenvalue weighted by atomic mass is 9.85. The summed E-state index contributed by atoms with van der Waals surface area (Å²) in [4.78, 5) is 35.8. The van der Waals surface area contributed by atoms with Gasteiger partial charge in [0.25, 0.3) is 0 Å². The van der Waals surface area contributed by atoms with E-state index in [2.05, 4.69) is 45.9 Å². The topological polar surface area (TPSA) is 102 Å². The number of amides is 3. The highest BCUT2D eigenvalue weighted by Gasteiger charge is 2.34. The largest absolute Gasteiger partial charge is 0.573 e. The van der Waals surface area contributed by atoms with Crippen molar-refractivity contribution in [2.45, 2.75) is 51.9 Å². The molecule has 234 valence electrons. The first kappa shape index (κ1) is 31.8. The Morgan fingerprint density at radius 3 is 2.40 bits per heavy atom. The van der Waals surface area contributed by atoms with Gasteiger partial charge in [-0.25, -0.2) is 14.5 Å². The maximum absolute atomic E-state index is 12.9. The Labute approximate surface area is 262 Å². The molecule has 3 aromatic carbocycles. The highest BCUT2D eigenvalue weighted by molar-refractivity contribution is 8.15. The number of amidine groups is 1. The molecule has 45 heavy (non-hydrogen) atoms. The van der Waals surface area contributed by atoms with Crippen molar-refractivity contribution in [1.82, 2.24) is 20.1 Å². The zero-order chi connectivity index (χ0) is 32.4. The van der Waals surface area contributed by atoms with E-state index in [1.807, 2.05) is 55.5 Å². The first-order valence-corrected chi connectivity index (χ1v) is 15.1. The van der Waals surface area contributed by atoms with Gasteiger partial charge in [-0.05, 0) is 60.2 Å². The number of nitrogens with zero attached hydrogens (tertiary/aromatic N) is 5. The van der Waals surface area contributed by atoms with Crippen LogP contribution < -0.4 is 15.0 Å². The minimum absolute atomic E-state index is 0.121. The molecule has 1 aromatic heterocycles. The molecule has 0 saturated carbocycles. The van der Waals surface area contributed by atoms with Crippen molar-refractivity contribution in [3.63, 3.8) is 0 Å². The molecule has 1 fully saturated rings. The van der Waals surface area contributed by atoms with Crippen LogP contribution in [0.15, 0.2) is 84.1 Å². The molecule has 0 spiro atoms. The van der Waals surface area contributed by atoms with Gasteiger partial charge in [-0.2, -0.15) is 4.99 Å². The van der Waals surface area contributed by atoms with Gasteiger partial charge in [-0.3, -0.25) is 9.69 Å². The fourth-order valence-corrected chi connectivity index (χ4v) is 5.69. The van der Waals surface area contributed by atoms with E-state index in [9.17, 15) is 22.8 Å². The van der Waals surface area contributed by atoms with Crippen molar-refractivity contribution in [1.29, 1.82) is 0 Å². The number of carbonyl (C=O) groups excluding carboxylic acids is 2. The summed E-state index contributed by atoms with van der Waals surface area (Å²) in [5.74, 6) is 0.207. The Morgan fingerprint density at radius 2 is 1.73 bits per heavy atom. The van der Waals surface area contributed by atoms with E-state index < -0.39 is 12.4 Å². The molecule has 3 amide bonds. The maximum atomic E-state index is 12.9. The Bertz CT molecular complexity index is 1710. The number of para-hydroxylation sites is 1. The number of aromatic nitrogens is 3. The molecule has 2 heterocycles. The van der Waals surface area contributed by atoms with E-state index in [-0.39, 0.29) is 28.9 Å². The number of anilines is 1. The molecule has 13 heteroatoms. The van der Waals surface area contributed by atoms with E-state index in [4.69, 9.17) is 0 Å². The molecule has 1 aliphatic heterocycles. The average Bonchev–Trinajstić information content (AvgIpc) is 3.59. The van der Waals surface area contributed by atoms with E-state index in [1.54, 1.807) is 0 Å². The Balaban J connectivity index is 1.20. The standard InChI is InChI=1S/C32H31F3N6O3S/c1-20(37-29(43)38-30-41(27(42)18-45-30)26-8-6-5-7-25(26)31(2,3)4)17-21-9-11-22(12-10-21)28-36-19-40(39-28)23-13-15-24(16-14-23)44-32(33,34)35/h5-16,19-20H,17-18H2,1-4H3,(H,37,43)/b38-30-. The number of benzene rings is 3. The number of ether oxygens (including phenoxy) is 1. The molecule has 4 aromatic rings. The van der Waals surface area contributed by atoms with Crippen LogP contribution in [0.4, 0.5) is 23.7 Å². The number of rotatable bonds is 7. The smallest absolute Gasteiger partial charge is 0.406 e. The van der Waals surface area contributed by atoms with Gasteiger partial charge in [0.15, 0.2) is 11.0 Å². The zero-order valence-electron chi connectivity index (χ0n) is 25.0. The summed E-state index contributed by atoms with van der Waals surface area (Å²) >= 11 is 1.24. The van der Waals surface area contributed by atoms with Crippen molar-refractivity contribution in [3.8, 4) is 22.8 Å². The first-order valence-electron chi connectivity index (χ1n) is 14.1. The Kier molecular flexibility index (Phi) is 9.01. The SMILES string of the molecule is CC(Cc1ccc(-c2ncn(-c3ccc(OC(F)(F)F)cc3)n2)cc1)NC(=O)/N=C1\SCC(=O)N1c1ccccc1C(C)(C)C. The molecular weight excluding hydrogens is 605 g/mol. The lowest BCUT2D eigenvalue weighted by Gasteiger charge is -2.27. The minimum atomic E-state index is -4.76. The molecule has 9 nitrogen and oxygen atoms in total. The van der Waals surface area contributed by atoms with Crippen molar-refractivity contribution in [2.75, 3.05) is 10.7 Å². The summed E-state index contributed by atoms with van der Waals surface area (Å²) < 4.78 is 42.6. The summed E-state index contributed by atoms with van der Waals surface area (Å²) in [5.41, 5.74) is 3.74. The van der Waals surface area contributed by atoms with Gasteiger partial charge in [0.2, 0.25) is 5.91 Å². The van der Waals surface area contributed by atoms with Crippen molar-refractivity contribution in [2.24, 2.45) is 4.99 Å². The Hall–Kier alpha value is -4.65. The van der Waals surface area contributed by atoms with Gasteiger partial charge in [-0.1, -0.05) is 75.0 Å². The third-order valence-electron chi connectivity index (χ3n) is 6.87. The van der Waals surface area contributed by atoms with Crippen molar-refractivity contribution < 1.29 is 27.5 Å². The summed E-state index contributed by atoms with van der Waals surface area (Å²) in [6.45, 7) is 8.09. The monoisotopic (exact) mass is 636 g/mol. The summed E-state index contributed by atoms with van der Waals surface area (Å²) in [6, 6.07) is 19.7. The van der Waals surface area contributed by atoms with Crippen LogP contribution >= 0.6 is 11.8 Å². The van der Waals surface area contributed by atoms with Crippen LogP contribution in [-0.2, 0) is 16.6 Å². The maximum Gasteiger partial charge on any atom is 0.573 e. The molecule has 1 saturated heterocycles. The van der Waals surface area contributed by atoms with E-state index in [0.717, 1.165) is 22.4 Å². The summed E-state index contributed by atoms with van der Waals surface area (Å²) in [5, 5.41) is 7.67. The predicted octanol–water partition coefficient (Wildman–Crippen LogP) is 6.91. The normalized spacial score (nSPS) is 15.4. The number of nitrogens with one attached hydrogen (secondary N) is 1. The molecule has 1 aliphatic rings. The van der Waals surface area contributed by atoms with Crippen molar-refractivity contribution in [3.05, 3.63) is 90.3 Å². The number of alkyl halides is 3. The second-order valence-electron chi connectivity index (χ2n) is 11.5. The van der Waals surface area contributed by atoms with Gasteiger partial charge in [0.1, 0.15) is 12.1 Å². The fraction of sp³-hybridized carbons (Fsp3) is 0.281. The summed E-state index contributed by atoms with van der Waals surface area (Å²) in [7, 11) is 0. The van der Waals surface area contributed by atoms with Crippen LogP contribution in [0, 0.1) is 0 Å². The number of aliphatic imine (C=N–C) groups is 1. The highest BCUT2D eigenvalue weighted by Crippen LogP contribution is 2.36. The zero-order valence-corrected chi connectivity index (χ0v) is 25.8. The molecule has 0 radical (unpaired) electrons. The Morgan fingerprint density at radius 1 is 1.04 bits per heavy atom. The molecular formula is C32H31F3N6O3S. The third-order valence-corrected chi connectivity index (χ3v) is 7.79. The number of halogens is 3. The van der Waals surface area contributed by atoms with E-state index in [1.165, 1.54) is 51.9 Å². The van der Waals surface area contributed by atoms with Crippen LogP contribution in [0.1, 0.15) is 38.8 Å². The van der Waals surface area contributed by atoms with Gasteiger partial charge in [-0.15, -0.1) is 18.3 Å². The number of carbonyl (C=O) groups is 2. The quantitative estimate of drug-likeness (QED) is 0.237. The molecule has 1 N–H and O–H groups in total. The van der Waals surface area contributed by atoms with E-state index in [0.29, 0.717) is 23.1 Å². The second kappa shape index (κ2) is 12.8. The van der Waals surface area contributed by atoms with E-state index >= 15 is 0 Å². The number of hydrogen-bond acceptors (Lipinski definition) is 6. The molecule has 0 bridgehead atoms. The lowest BCUT2D eigenvalue weighted by Crippen LogP contribution is -2.35. The lowest BCUT2D eigenvalue weighted by molar-refractivity contribution is -0.274.